The predicted molar refractivity (Wildman–Crippen MR) is 78.4 cm³/mol. The first-order valence-electron chi connectivity index (χ1n) is 7.19. The van der Waals surface area contributed by atoms with Crippen LogP contribution in [0, 0.1) is 5.92 Å². The van der Waals surface area contributed by atoms with Gasteiger partial charge in [-0.1, -0.05) is 6.92 Å². The van der Waals surface area contributed by atoms with Gasteiger partial charge in [0.2, 0.25) is 0 Å². The molecule has 2 heterocycles. The Morgan fingerprint density at radius 3 is 2.80 bits per heavy atom. The Morgan fingerprint density at radius 1 is 1.25 bits per heavy atom. The molecule has 0 unspecified atom stereocenters. The van der Waals surface area contributed by atoms with Crippen molar-refractivity contribution in [3.8, 4) is 0 Å². The van der Waals surface area contributed by atoms with E-state index in [1.54, 1.807) is 12.4 Å². The van der Waals surface area contributed by atoms with E-state index in [4.69, 9.17) is 0 Å². The molecule has 3 rings (SSSR count). The van der Waals surface area contributed by atoms with E-state index in [0.29, 0.717) is 12.2 Å². The molecule has 5 heteroatoms. The maximum Gasteiger partial charge on any atom is 0.180 e. The fourth-order valence-corrected chi connectivity index (χ4v) is 2.68. The highest BCUT2D eigenvalue weighted by Crippen LogP contribution is 2.31. The number of nitrogens with zero attached hydrogens (tertiary/aromatic N) is 3. The molecule has 1 saturated carbocycles. The second-order valence-electron chi connectivity index (χ2n) is 5.86. The van der Waals surface area contributed by atoms with Gasteiger partial charge in [0.1, 0.15) is 11.3 Å². The number of anilines is 1. The molecule has 0 atom stereocenters. The lowest BCUT2D eigenvalue weighted by molar-refractivity contribution is 0.00495. The van der Waals surface area contributed by atoms with E-state index in [9.17, 15) is 5.11 Å². The van der Waals surface area contributed by atoms with Gasteiger partial charge in [-0.15, -0.1) is 0 Å². The zero-order valence-corrected chi connectivity index (χ0v) is 11.7. The fourth-order valence-electron chi connectivity index (χ4n) is 2.68. The minimum atomic E-state index is -0.606. The number of fused-ring (bicyclic) bond motifs is 1. The number of rotatable bonds is 3. The van der Waals surface area contributed by atoms with Crippen molar-refractivity contribution in [2.45, 2.75) is 38.2 Å². The molecular weight excluding hydrogens is 252 g/mol. The lowest BCUT2D eigenvalue weighted by atomic mass is 9.79. The largest absolute Gasteiger partial charge is 0.388 e. The molecule has 106 valence electrons. The summed E-state index contributed by atoms with van der Waals surface area (Å²) in [6.07, 6.45) is 7.19. The summed E-state index contributed by atoms with van der Waals surface area (Å²) in [6.45, 7) is 2.79. The summed E-state index contributed by atoms with van der Waals surface area (Å²) in [7, 11) is 0. The first-order valence-corrected chi connectivity index (χ1v) is 7.19. The summed E-state index contributed by atoms with van der Waals surface area (Å²) in [5, 5.41) is 13.8. The summed E-state index contributed by atoms with van der Waals surface area (Å²) in [4.78, 5) is 12.8. The van der Waals surface area contributed by atoms with Gasteiger partial charge in [-0.05, 0) is 43.7 Å². The number of nitrogens with one attached hydrogen (secondary N) is 1. The molecule has 0 bridgehead atoms. The molecule has 2 aromatic rings. The van der Waals surface area contributed by atoms with Crippen LogP contribution in [0.1, 0.15) is 32.6 Å². The molecule has 0 aromatic carbocycles. The SMILES string of the molecule is CC1CCC(O)(CNc2ccc3nccnc3n2)CC1. The van der Waals surface area contributed by atoms with Gasteiger partial charge >= 0.3 is 0 Å². The van der Waals surface area contributed by atoms with E-state index in [0.717, 1.165) is 42.9 Å². The second kappa shape index (κ2) is 5.32. The van der Waals surface area contributed by atoms with Crippen molar-refractivity contribution in [2.75, 3.05) is 11.9 Å². The predicted octanol–water partition coefficient (Wildman–Crippen LogP) is 2.38. The third kappa shape index (κ3) is 2.88. The molecule has 0 spiro atoms. The molecule has 0 aliphatic heterocycles. The quantitative estimate of drug-likeness (QED) is 0.897. The zero-order chi connectivity index (χ0) is 14.0. The fraction of sp³-hybridized carbons (Fsp3) is 0.533. The van der Waals surface area contributed by atoms with Crippen LogP contribution >= 0.6 is 0 Å². The Bertz CT molecular complexity index is 593. The molecular formula is C15H20N4O. The van der Waals surface area contributed by atoms with Crippen LogP contribution in [0.4, 0.5) is 5.82 Å². The summed E-state index contributed by atoms with van der Waals surface area (Å²) in [5.74, 6) is 1.47. The van der Waals surface area contributed by atoms with Crippen molar-refractivity contribution in [2.24, 2.45) is 5.92 Å². The van der Waals surface area contributed by atoms with Gasteiger partial charge in [0.15, 0.2) is 5.65 Å². The molecule has 5 nitrogen and oxygen atoms in total. The molecule has 1 aliphatic rings. The Morgan fingerprint density at radius 2 is 2.00 bits per heavy atom. The second-order valence-corrected chi connectivity index (χ2v) is 5.86. The third-order valence-electron chi connectivity index (χ3n) is 4.14. The third-order valence-corrected chi connectivity index (χ3v) is 4.14. The average Bonchev–Trinajstić information content (AvgIpc) is 2.48. The van der Waals surface area contributed by atoms with Crippen LogP contribution in [0.3, 0.4) is 0 Å². The van der Waals surface area contributed by atoms with Crippen LogP contribution in [-0.2, 0) is 0 Å². The standard InChI is InChI=1S/C15H20N4O/c1-11-4-6-15(20,7-5-11)10-18-13-3-2-12-14(19-13)17-9-8-16-12/h2-3,8-9,11,20H,4-7,10H2,1H3,(H,17,18,19). The summed E-state index contributed by atoms with van der Waals surface area (Å²) < 4.78 is 0. The minimum Gasteiger partial charge on any atom is -0.388 e. The van der Waals surface area contributed by atoms with E-state index < -0.39 is 5.60 Å². The molecule has 1 fully saturated rings. The number of aromatic nitrogens is 3. The maximum absolute atomic E-state index is 10.5. The van der Waals surface area contributed by atoms with Crippen LogP contribution in [-0.4, -0.2) is 32.2 Å². The number of aliphatic hydroxyl groups is 1. The zero-order valence-electron chi connectivity index (χ0n) is 11.7. The monoisotopic (exact) mass is 272 g/mol. The van der Waals surface area contributed by atoms with Gasteiger partial charge in [-0.3, -0.25) is 4.98 Å². The highest BCUT2D eigenvalue weighted by Gasteiger charge is 2.31. The van der Waals surface area contributed by atoms with E-state index in [2.05, 4.69) is 27.2 Å². The molecule has 2 aromatic heterocycles. The smallest absolute Gasteiger partial charge is 0.180 e. The number of hydrogen-bond donors (Lipinski definition) is 2. The first-order chi connectivity index (χ1) is 9.65. The van der Waals surface area contributed by atoms with Gasteiger partial charge in [-0.25, -0.2) is 9.97 Å². The Labute approximate surface area is 118 Å². The molecule has 0 amide bonds. The van der Waals surface area contributed by atoms with Crippen molar-refractivity contribution < 1.29 is 5.11 Å². The van der Waals surface area contributed by atoms with Gasteiger partial charge in [-0.2, -0.15) is 0 Å². The van der Waals surface area contributed by atoms with Gasteiger partial charge in [0.05, 0.1) is 5.60 Å². The van der Waals surface area contributed by atoms with Crippen molar-refractivity contribution in [3.63, 3.8) is 0 Å². The van der Waals surface area contributed by atoms with E-state index in [1.807, 2.05) is 12.1 Å². The number of pyridine rings is 1. The van der Waals surface area contributed by atoms with Gasteiger partial charge in [0, 0.05) is 18.9 Å². The van der Waals surface area contributed by atoms with Crippen LogP contribution in [0.5, 0.6) is 0 Å². The number of hydrogen-bond acceptors (Lipinski definition) is 5. The van der Waals surface area contributed by atoms with E-state index in [1.165, 1.54) is 0 Å². The van der Waals surface area contributed by atoms with E-state index in [-0.39, 0.29) is 0 Å². The average molecular weight is 272 g/mol. The van der Waals surface area contributed by atoms with E-state index >= 15 is 0 Å². The Balaban J connectivity index is 1.67. The highest BCUT2D eigenvalue weighted by molar-refractivity contribution is 5.71. The summed E-state index contributed by atoms with van der Waals surface area (Å²) >= 11 is 0. The van der Waals surface area contributed by atoms with Crippen molar-refractivity contribution in [1.29, 1.82) is 0 Å². The molecule has 2 N–H and O–H groups in total. The first kappa shape index (κ1) is 13.2. The van der Waals surface area contributed by atoms with Crippen molar-refractivity contribution in [3.05, 3.63) is 24.5 Å². The lowest BCUT2D eigenvalue weighted by Crippen LogP contribution is -2.40. The topological polar surface area (TPSA) is 70.9 Å². The van der Waals surface area contributed by atoms with Crippen LogP contribution in [0.25, 0.3) is 11.2 Å². The van der Waals surface area contributed by atoms with Crippen molar-refractivity contribution in [1.82, 2.24) is 15.0 Å². The Kier molecular flexibility index (Phi) is 3.53. The van der Waals surface area contributed by atoms with Crippen LogP contribution < -0.4 is 5.32 Å². The molecule has 0 saturated heterocycles. The minimum absolute atomic E-state index is 0.540. The maximum atomic E-state index is 10.5. The Hall–Kier alpha value is -1.75. The van der Waals surface area contributed by atoms with Gasteiger partial charge in [0.25, 0.3) is 0 Å². The van der Waals surface area contributed by atoms with Crippen LogP contribution in [0.2, 0.25) is 0 Å². The molecule has 20 heavy (non-hydrogen) atoms. The van der Waals surface area contributed by atoms with Crippen molar-refractivity contribution >= 4 is 17.0 Å². The molecule has 1 aliphatic carbocycles. The summed E-state index contributed by atoms with van der Waals surface area (Å²) in [5.41, 5.74) is 0.802. The normalized spacial score (nSPS) is 26.6. The lowest BCUT2D eigenvalue weighted by Gasteiger charge is -2.35. The van der Waals surface area contributed by atoms with Crippen LogP contribution in [0.15, 0.2) is 24.5 Å². The summed E-state index contributed by atoms with van der Waals surface area (Å²) in [6, 6.07) is 3.77. The van der Waals surface area contributed by atoms with Gasteiger partial charge < -0.3 is 10.4 Å². The molecule has 0 radical (unpaired) electrons. The highest BCUT2D eigenvalue weighted by atomic mass is 16.3.